The van der Waals surface area contributed by atoms with Crippen LogP contribution in [0.15, 0.2) is 46.9 Å². The summed E-state index contributed by atoms with van der Waals surface area (Å²) in [5, 5.41) is 2.49. The highest BCUT2D eigenvalue weighted by atomic mass is 19.5. The Morgan fingerprint density at radius 3 is 2.29 bits per heavy atom. The standard InChI is InChI=1S/C14H10NO.BF4/c1-2-5-11-9-13-12(8-10(11)4-1)15-7-3-6-14(15)16-13;2-1(3,4)5/h1-6,8-9H,7H2;/q+1;-1. The van der Waals surface area contributed by atoms with Crippen molar-refractivity contribution in [3.8, 4) is 0 Å². The van der Waals surface area contributed by atoms with Crippen molar-refractivity contribution in [3.63, 3.8) is 0 Å². The molecule has 2 heterocycles. The lowest BCUT2D eigenvalue weighted by Crippen LogP contribution is -2.30. The fourth-order valence-corrected chi connectivity index (χ4v) is 2.36. The molecule has 0 N–H and O–H groups in total. The lowest BCUT2D eigenvalue weighted by atomic mass is 10.1. The van der Waals surface area contributed by atoms with Gasteiger partial charge >= 0.3 is 13.1 Å². The van der Waals surface area contributed by atoms with Crippen LogP contribution in [0.3, 0.4) is 0 Å². The summed E-state index contributed by atoms with van der Waals surface area (Å²) in [6.45, 7) is 0.917. The van der Waals surface area contributed by atoms with Crippen LogP contribution >= 0.6 is 0 Å². The van der Waals surface area contributed by atoms with E-state index in [4.69, 9.17) is 4.42 Å². The molecule has 2 nitrogen and oxygen atoms in total. The minimum absolute atomic E-state index is 0.917. The Hall–Kier alpha value is -2.31. The molecule has 0 amide bonds. The van der Waals surface area contributed by atoms with Gasteiger partial charge in [0, 0.05) is 6.07 Å². The number of halogens is 4. The van der Waals surface area contributed by atoms with Crippen molar-refractivity contribution >= 4 is 35.2 Å². The minimum Gasteiger partial charge on any atom is -0.418 e. The molecule has 0 aliphatic carbocycles. The van der Waals surface area contributed by atoms with E-state index in [-0.39, 0.29) is 0 Å². The van der Waals surface area contributed by atoms with E-state index < -0.39 is 7.25 Å². The summed E-state index contributed by atoms with van der Waals surface area (Å²) in [4.78, 5) is 0. The smallest absolute Gasteiger partial charge is 0.418 e. The van der Waals surface area contributed by atoms with E-state index in [0.717, 1.165) is 18.0 Å². The Balaban J connectivity index is 0.000000233. The summed E-state index contributed by atoms with van der Waals surface area (Å²) in [5.41, 5.74) is 2.15. The van der Waals surface area contributed by atoms with Gasteiger partial charge in [0.2, 0.25) is 5.58 Å². The average Bonchev–Trinajstić information content (AvgIpc) is 2.95. The van der Waals surface area contributed by atoms with Crippen molar-refractivity contribution in [3.05, 3.63) is 48.4 Å². The Bertz CT molecular complexity index is 832. The van der Waals surface area contributed by atoms with Crippen LogP contribution in [-0.4, -0.2) is 7.25 Å². The van der Waals surface area contributed by atoms with Crippen LogP contribution in [0.4, 0.5) is 17.3 Å². The SMILES string of the molecule is C1=Cc2oc3cc4ccccc4cc3[n+]2C1.F[B-](F)(F)F. The first-order valence-corrected chi connectivity index (χ1v) is 6.31. The highest BCUT2D eigenvalue weighted by molar-refractivity contribution is 6.50. The molecule has 1 aromatic heterocycles. The third kappa shape index (κ3) is 2.91. The summed E-state index contributed by atoms with van der Waals surface area (Å²) in [6.07, 6.45) is 4.15. The average molecular weight is 295 g/mol. The lowest BCUT2D eigenvalue weighted by molar-refractivity contribution is -0.663. The molecule has 108 valence electrons. The van der Waals surface area contributed by atoms with Gasteiger partial charge in [0.1, 0.15) is 0 Å². The van der Waals surface area contributed by atoms with Crippen molar-refractivity contribution < 1.29 is 26.2 Å². The second-order valence-electron chi connectivity index (χ2n) is 4.62. The first-order valence-electron chi connectivity index (χ1n) is 6.31. The molecule has 7 heteroatoms. The first-order chi connectivity index (χ1) is 9.92. The second-order valence-corrected chi connectivity index (χ2v) is 4.62. The molecule has 0 atom stereocenters. The molecule has 0 unspecified atom stereocenters. The molecule has 2 aromatic carbocycles. The zero-order valence-corrected chi connectivity index (χ0v) is 10.8. The highest BCUT2D eigenvalue weighted by Crippen LogP contribution is 2.23. The van der Waals surface area contributed by atoms with Crippen molar-refractivity contribution in [1.29, 1.82) is 0 Å². The molecular weight excluding hydrogens is 285 g/mol. The second kappa shape index (κ2) is 4.91. The number of allylic oxidation sites excluding steroid dienone is 1. The van der Waals surface area contributed by atoms with E-state index in [0.29, 0.717) is 0 Å². The summed E-state index contributed by atoms with van der Waals surface area (Å²) in [7, 11) is -6.00. The fraction of sp³-hybridized carbons (Fsp3) is 0.0714. The maximum Gasteiger partial charge on any atom is 0.673 e. The number of rotatable bonds is 0. The number of nitrogens with zero attached hydrogens (tertiary/aromatic N) is 1. The predicted octanol–water partition coefficient (Wildman–Crippen LogP) is 4.20. The molecular formula is C14H10BF4NO. The molecule has 0 saturated carbocycles. The predicted molar refractivity (Wildman–Crippen MR) is 73.1 cm³/mol. The summed E-state index contributed by atoms with van der Waals surface area (Å²) < 4.78 is 47.0. The zero-order valence-electron chi connectivity index (χ0n) is 10.8. The molecule has 0 bridgehead atoms. The summed E-state index contributed by atoms with van der Waals surface area (Å²) in [5.74, 6) is 0.949. The number of fused-ring (bicyclic) bond motifs is 4. The molecule has 0 fully saturated rings. The Labute approximate surface area is 117 Å². The Morgan fingerprint density at radius 1 is 1.00 bits per heavy atom. The van der Waals surface area contributed by atoms with Gasteiger partial charge in [-0.25, -0.2) is 0 Å². The van der Waals surface area contributed by atoms with Crippen molar-refractivity contribution in [2.45, 2.75) is 6.54 Å². The third-order valence-electron chi connectivity index (χ3n) is 3.15. The highest BCUT2D eigenvalue weighted by Gasteiger charge is 2.23. The quantitative estimate of drug-likeness (QED) is 0.345. The van der Waals surface area contributed by atoms with Crippen molar-refractivity contribution in [2.24, 2.45) is 0 Å². The van der Waals surface area contributed by atoms with Crippen LogP contribution in [0, 0.1) is 0 Å². The number of benzene rings is 2. The number of hydrogen-bond donors (Lipinski definition) is 0. The van der Waals surface area contributed by atoms with Crippen LogP contribution in [0.1, 0.15) is 5.89 Å². The van der Waals surface area contributed by atoms with Gasteiger partial charge < -0.3 is 21.7 Å². The topological polar surface area (TPSA) is 17.0 Å². The van der Waals surface area contributed by atoms with Gasteiger partial charge in [-0.15, -0.1) is 0 Å². The molecule has 1 aliphatic heterocycles. The first kappa shape index (κ1) is 13.7. The van der Waals surface area contributed by atoms with Crippen molar-refractivity contribution in [2.75, 3.05) is 0 Å². The van der Waals surface area contributed by atoms with Crippen LogP contribution in [0.25, 0.3) is 27.9 Å². The number of hydrogen-bond acceptors (Lipinski definition) is 1. The molecule has 3 aromatic rings. The minimum atomic E-state index is -6.00. The summed E-state index contributed by atoms with van der Waals surface area (Å²) >= 11 is 0. The van der Waals surface area contributed by atoms with E-state index in [1.54, 1.807) is 0 Å². The van der Waals surface area contributed by atoms with Gasteiger partial charge in [0.05, 0.1) is 6.08 Å². The van der Waals surface area contributed by atoms with Crippen LogP contribution in [0.2, 0.25) is 0 Å². The molecule has 21 heavy (non-hydrogen) atoms. The van der Waals surface area contributed by atoms with Crippen LogP contribution < -0.4 is 4.57 Å². The van der Waals surface area contributed by atoms with Gasteiger partial charge in [-0.05, 0) is 22.9 Å². The van der Waals surface area contributed by atoms with Gasteiger partial charge in [0.25, 0.3) is 5.52 Å². The zero-order chi connectivity index (χ0) is 15.0. The maximum absolute atomic E-state index is 9.75. The van der Waals surface area contributed by atoms with E-state index in [1.807, 2.05) is 6.08 Å². The van der Waals surface area contributed by atoms with E-state index in [9.17, 15) is 17.3 Å². The van der Waals surface area contributed by atoms with Gasteiger partial charge in [-0.3, -0.25) is 0 Å². The third-order valence-corrected chi connectivity index (χ3v) is 3.15. The maximum atomic E-state index is 9.75. The van der Waals surface area contributed by atoms with E-state index >= 15 is 0 Å². The lowest BCUT2D eigenvalue weighted by Gasteiger charge is -1.94. The largest absolute Gasteiger partial charge is 0.673 e. The molecule has 4 rings (SSSR count). The molecule has 0 saturated heterocycles. The van der Waals surface area contributed by atoms with Crippen molar-refractivity contribution in [1.82, 2.24) is 0 Å². The van der Waals surface area contributed by atoms with Gasteiger partial charge in [-0.2, -0.15) is 4.57 Å². The number of oxazole rings is 1. The van der Waals surface area contributed by atoms with Gasteiger partial charge in [-0.1, -0.05) is 24.3 Å². The van der Waals surface area contributed by atoms with Crippen LogP contribution in [0.5, 0.6) is 0 Å². The fourth-order valence-electron chi connectivity index (χ4n) is 2.36. The molecule has 0 spiro atoms. The number of aromatic nitrogens is 1. The molecule has 0 radical (unpaired) electrons. The monoisotopic (exact) mass is 295 g/mol. The normalized spacial score (nSPS) is 13.3. The Kier molecular flexibility index (Phi) is 3.20. The van der Waals surface area contributed by atoms with Crippen LogP contribution in [-0.2, 0) is 6.54 Å². The van der Waals surface area contributed by atoms with Gasteiger partial charge in [0.15, 0.2) is 6.54 Å². The molecule has 1 aliphatic rings. The van der Waals surface area contributed by atoms with E-state index in [2.05, 4.69) is 47.0 Å². The summed E-state index contributed by atoms with van der Waals surface area (Å²) in [6, 6.07) is 12.7. The van der Waals surface area contributed by atoms with E-state index in [1.165, 1.54) is 16.3 Å². The Morgan fingerprint density at radius 2 is 1.62 bits per heavy atom.